The molecule has 0 amide bonds. The van der Waals surface area contributed by atoms with Crippen LogP contribution in [0.15, 0.2) is 4.99 Å². The second-order valence-electron chi connectivity index (χ2n) is 6.11. The fourth-order valence-corrected chi connectivity index (χ4v) is 2.60. The van der Waals surface area contributed by atoms with Gasteiger partial charge in [-0.05, 0) is 51.7 Å². The van der Waals surface area contributed by atoms with E-state index < -0.39 is 0 Å². The van der Waals surface area contributed by atoms with Crippen molar-refractivity contribution in [1.82, 2.24) is 15.5 Å². The Morgan fingerprint density at radius 3 is 2.55 bits per heavy atom. The summed E-state index contributed by atoms with van der Waals surface area (Å²) in [6.45, 7) is 3.92. The van der Waals surface area contributed by atoms with Crippen molar-refractivity contribution in [2.24, 2.45) is 10.4 Å². The molecule has 1 saturated carbocycles. The van der Waals surface area contributed by atoms with Crippen LogP contribution < -0.4 is 10.6 Å². The monoisotopic (exact) mass is 284 g/mol. The number of guanidine groups is 1. The minimum absolute atomic E-state index is 0.428. The normalized spacial score (nSPS) is 17.9. The van der Waals surface area contributed by atoms with Crippen molar-refractivity contribution in [3.05, 3.63) is 0 Å². The smallest absolute Gasteiger partial charge is 0.190 e. The van der Waals surface area contributed by atoms with Gasteiger partial charge in [0.25, 0.3) is 0 Å². The van der Waals surface area contributed by atoms with Crippen LogP contribution in [0.5, 0.6) is 0 Å². The molecule has 1 aliphatic rings. The van der Waals surface area contributed by atoms with Crippen LogP contribution in [0.25, 0.3) is 0 Å². The molecule has 0 atom stereocenters. The van der Waals surface area contributed by atoms with Crippen LogP contribution in [0.4, 0.5) is 0 Å². The Kier molecular flexibility index (Phi) is 7.92. The highest BCUT2D eigenvalue weighted by Gasteiger charge is 2.36. The number of methoxy groups -OCH3 is 1. The Balaban J connectivity index is 2.23. The van der Waals surface area contributed by atoms with E-state index in [4.69, 9.17) is 4.74 Å². The fourth-order valence-electron chi connectivity index (χ4n) is 2.60. The molecule has 118 valence electrons. The second-order valence-corrected chi connectivity index (χ2v) is 6.11. The maximum atomic E-state index is 5.23. The lowest BCUT2D eigenvalue weighted by atomic mass is 9.67. The molecule has 0 saturated heterocycles. The van der Waals surface area contributed by atoms with Crippen LogP contribution in [-0.2, 0) is 4.74 Å². The number of ether oxygens (including phenoxy) is 1. The summed E-state index contributed by atoms with van der Waals surface area (Å²) in [5, 5.41) is 6.86. The standard InChI is InChI=1S/C15H32N4O/c1-16-14(17-10-6-11-19(2)3)18-13-15(7-5-8-15)9-12-20-4/h5-13H2,1-4H3,(H2,16,17,18). The van der Waals surface area contributed by atoms with Crippen LogP contribution in [0.2, 0.25) is 0 Å². The first kappa shape index (κ1) is 17.2. The van der Waals surface area contributed by atoms with Gasteiger partial charge in [0.05, 0.1) is 0 Å². The first-order valence-electron chi connectivity index (χ1n) is 7.70. The van der Waals surface area contributed by atoms with Crippen molar-refractivity contribution in [2.45, 2.75) is 32.1 Å². The van der Waals surface area contributed by atoms with Gasteiger partial charge >= 0.3 is 0 Å². The summed E-state index contributed by atoms with van der Waals surface area (Å²) in [6, 6.07) is 0. The van der Waals surface area contributed by atoms with Crippen molar-refractivity contribution in [3.8, 4) is 0 Å². The predicted octanol–water partition coefficient (Wildman–Crippen LogP) is 1.31. The Hall–Kier alpha value is -0.810. The third-order valence-electron chi connectivity index (χ3n) is 4.18. The van der Waals surface area contributed by atoms with E-state index in [1.165, 1.54) is 19.3 Å². The number of hydrogen-bond donors (Lipinski definition) is 2. The quantitative estimate of drug-likeness (QED) is 0.381. The third kappa shape index (κ3) is 6.09. The van der Waals surface area contributed by atoms with Gasteiger partial charge in [-0.1, -0.05) is 6.42 Å². The molecule has 5 heteroatoms. The highest BCUT2D eigenvalue weighted by atomic mass is 16.5. The van der Waals surface area contributed by atoms with E-state index >= 15 is 0 Å². The summed E-state index contributed by atoms with van der Waals surface area (Å²) >= 11 is 0. The van der Waals surface area contributed by atoms with Gasteiger partial charge in [0.1, 0.15) is 0 Å². The van der Waals surface area contributed by atoms with Crippen molar-refractivity contribution in [2.75, 3.05) is 54.5 Å². The molecular weight excluding hydrogens is 252 g/mol. The van der Waals surface area contributed by atoms with E-state index in [-0.39, 0.29) is 0 Å². The van der Waals surface area contributed by atoms with E-state index in [0.717, 1.165) is 45.0 Å². The molecule has 0 unspecified atom stereocenters. The summed E-state index contributed by atoms with van der Waals surface area (Å²) in [7, 11) is 7.82. The molecule has 0 spiro atoms. The maximum Gasteiger partial charge on any atom is 0.190 e. The summed E-state index contributed by atoms with van der Waals surface area (Å²) in [5.74, 6) is 0.924. The van der Waals surface area contributed by atoms with E-state index in [1.807, 2.05) is 7.05 Å². The van der Waals surface area contributed by atoms with Gasteiger partial charge in [-0.3, -0.25) is 4.99 Å². The zero-order valence-corrected chi connectivity index (χ0v) is 13.7. The Morgan fingerprint density at radius 1 is 1.30 bits per heavy atom. The van der Waals surface area contributed by atoms with Crippen molar-refractivity contribution in [1.29, 1.82) is 0 Å². The molecule has 0 aromatic carbocycles. The second kappa shape index (κ2) is 9.19. The summed E-state index contributed by atoms with van der Waals surface area (Å²) in [6.07, 6.45) is 6.23. The molecule has 5 nitrogen and oxygen atoms in total. The Labute approximate surface area is 124 Å². The number of aliphatic imine (C=N–C) groups is 1. The van der Waals surface area contributed by atoms with Gasteiger partial charge in [-0.2, -0.15) is 0 Å². The molecule has 0 aromatic rings. The molecule has 0 aromatic heterocycles. The lowest BCUT2D eigenvalue weighted by Crippen LogP contribution is -2.47. The first-order valence-corrected chi connectivity index (χ1v) is 7.70. The predicted molar refractivity (Wildman–Crippen MR) is 85.3 cm³/mol. The molecule has 1 rings (SSSR count). The molecule has 2 N–H and O–H groups in total. The Bertz CT molecular complexity index is 288. The minimum atomic E-state index is 0.428. The van der Waals surface area contributed by atoms with Crippen LogP contribution in [0.1, 0.15) is 32.1 Å². The van der Waals surface area contributed by atoms with E-state index in [0.29, 0.717) is 5.41 Å². The lowest BCUT2D eigenvalue weighted by Gasteiger charge is -2.42. The van der Waals surface area contributed by atoms with Gasteiger partial charge in [0.15, 0.2) is 5.96 Å². The van der Waals surface area contributed by atoms with Gasteiger partial charge < -0.3 is 20.3 Å². The van der Waals surface area contributed by atoms with Gasteiger partial charge in [0, 0.05) is 33.9 Å². The third-order valence-corrected chi connectivity index (χ3v) is 4.18. The molecular formula is C15H32N4O. The largest absolute Gasteiger partial charge is 0.385 e. The van der Waals surface area contributed by atoms with E-state index in [1.54, 1.807) is 7.11 Å². The average molecular weight is 284 g/mol. The number of hydrogen-bond acceptors (Lipinski definition) is 3. The highest BCUT2D eigenvalue weighted by molar-refractivity contribution is 5.79. The maximum absolute atomic E-state index is 5.23. The molecule has 0 heterocycles. The molecule has 0 bridgehead atoms. The minimum Gasteiger partial charge on any atom is -0.385 e. The van der Waals surface area contributed by atoms with Crippen LogP contribution in [0, 0.1) is 5.41 Å². The summed E-state index contributed by atoms with van der Waals surface area (Å²) in [5.41, 5.74) is 0.428. The molecule has 1 fully saturated rings. The summed E-state index contributed by atoms with van der Waals surface area (Å²) in [4.78, 5) is 6.50. The molecule has 0 aliphatic heterocycles. The van der Waals surface area contributed by atoms with Crippen molar-refractivity contribution in [3.63, 3.8) is 0 Å². The zero-order chi connectivity index (χ0) is 14.8. The van der Waals surface area contributed by atoms with Crippen molar-refractivity contribution < 1.29 is 4.74 Å². The zero-order valence-electron chi connectivity index (χ0n) is 13.7. The Morgan fingerprint density at radius 2 is 2.05 bits per heavy atom. The molecule has 0 radical (unpaired) electrons. The van der Waals surface area contributed by atoms with Crippen LogP contribution in [0.3, 0.4) is 0 Å². The fraction of sp³-hybridized carbons (Fsp3) is 0.933. The number of nitrogens with one attached hydrogen (secondary N) is 2. The van der Waals surface area contributed by atoms with Crippen LogP contribution >= 0.6 is 0 Å². The van der Waals surface area contributed by atoms with Gasteiger partial charge in [-0.15, -0.1) is 0 Å². The highest BCUT2D eigenvalue weighted by Crippen LogP contribution is 2.43. The van der Waals surface area contributed by atoms with Gasteiger partial charge in [-0.25, -0.2) is 0 Å². The topological polar surface area (TPSA) is 48.9 Å². The lowest BCUT2D eigenvalue weighted by molar-refractivity contribution is 0.0732. The molecule has 1 aliphatic carbocycles. The van der Waals surface area contributed by atoms with E-state index in [2.05, 4.69) is 34.6 Å². The van der Waals surface area contributed by atoms with Gasteiger partial charge in [0.2, 0.25) is 0 Å². The number of rotatable bonds is 9. The number of nitrogens with zero attached hydrogens (tertiary/aromatic N) is 2. The first-order chi connectivity index (χ1) is 9.62. The van der Waals surface area contributed by atoms with Crippen molar-refractivity contribution >= 4 is 5.96 Å². The SMILES string of the molecule is CN=C(NCCCN(C)C)NCC1(CCOC)CCC1. The average Bonchev–Trinajstić information content (AvgIpc) is 2.39. The molecule has 20 heavy (non-hydrogen) atoms. The van der Waals surface area contributed by atoms with Crippen LogP contribution in [-0.4, -0.2) is 65.4 Å². The van der Waals surface area contributed by atoms with E-state index in [9.17, 15) is 0 Å². The summed E-state index contributed by atoms with van der Waals surface area (Å²) < 4.78 is 5.23.